The van der Waals surface area contributed by atoms with Gasteiger partial charge in [-0.3, -0.25) is 34.5 Å². The molecule has 6 rings (SSSR count). The van der Waals surface area contributed by atoms with Crippen molar-refractivity contribution in [2.45, 2.75) is 11.7 Å². The zero-order valence-electron chi connectivity index (χ0n) is 18.6. The maximum absolute atomic E-state index is 14.5. The Balaban J connectivity index is 0.00000267. The number of nitrogens with zero attached hydrogens (tertiary/aromatic N) is 7. The van der Waals surface area contributed by atoms with Crippen LogP contribution in [0.3, 0.4) is 0 Å². The maximum atomic E-state index is 14.5. The zero-order chi connectivity index (χ0) is 24.0. The third kappa shape index (κ3) is 2.88. The van der Waals surface area contributed by atoms with E-state index >= 15 is 0 Å². The lowest BCUT2D eigenvalue weighted by Gasteiger charge is -2.36. The lowest BCUT2D eigenvalue weighted by Crippen LogP contribution is -2.50. The molecular weight excluding hydrogens is 440 g/mol. The molecule has 1 N–H and O–H groups in total. The van der Waals surface area contributed by atoms with Crippen LogP contribution in [0.25, 0.3) is 11.0 Å². The van der Waals surface area contributed by atoms with Gasteiger partial charge in [-0.05, 0) is 49.2 Å². The van der Waals surface area contributed by atoms with Crippen LogP contribution in [0.1, 0.15) is 19.0 Å². The molecule has 2 aliphatic heterocycles. The van der Waals surface area contributed by atoms with Gasteiger partial charge < -0.3 is 0 Å². The molecule has 5 heterocycles. The largest absolute Gasteiger partial charge is 0.295 e. The highest BCUT2D eigenvalue weighted by atomic mass is 16.2. The summed E-state index contributed by atoms with van der Waals surface area (Å²) < 4.78 is 1.96. The van der Waals surface area contributed by atoms with E-state index in [-0.39, 0.29) is 7.33 Å². The fraction of sp³-hybridized carbons (Fsp3) is 0.0769. The molecule has 0 fully saturated rings. The average molecular weight is 463 g/mol. The van der Waals surface area contributed by atoms with Crippen molar-refractivity contribution in [1.82, 2.24) is 24.4 Å². The Labute approximate surface area is 202 Å². The van der Waals surface area contributed by atoms with Crippen molar-refractivity contribution in [2.75, 3.05) is 5.32 Å². The molecule has 1 aromatic carbocycles. The predicted molar refractivity (Wildman–Crippen MR) is 136 cm³/mol. The topological polar surface area (TPSA) is 101 Å². The van der Waals surface area contributed by atoms with Crippen LogP contribution in [0.4, 0.5) is 5.95 Å². The van der Waals surface area contributed by atoms with E-state index < -0.39 is 11.7 Å². The van der Waals surface area contributed by atoms with Gasteiger partial charge in [-0.15, -0.1) is 0 Å². The van der Waals surface area contributed by atoms with Crippen molar-refractivity contribution in [3.63, 3.8) is 0 Å². The van der Waals surface area contributed by atoms with Crippen LogP contribution in [0.2, 0.25) is 0 Å². The van der Waals surface area contributed by atoms with Gasteiger partial charge in [0.1, 0.15) is 0 Å². The maximum Gasteiger partial charge on any atom is 0.271 e. The van der Waals surface area contributed by atoms with Crippen LogP contribution in [0, 0.1) is 0 Å². The van der Waals surface area contributed by atoms with E-state index in [9.17, 15) is 4.79 Å². The number of nitrogens with one attached hydrogen (secondary N) is 1. The number of hydrogen-bond acceptors (Lipinski definition) is 7. The molecular formula is C26H22N8O. The van der Waals surface area contributed by atoms with E-state index in [0.29, 0.717) is 29.0 Å². The molecule has 35 heavy (non-hydrogen) atoms. The van der Waals surface area contributed by atoms with Crippen molar-refractivity contribution >= 4 is 35.6 Å². The summed E-state index contributed by atoms with van der Waals surface area (Å²) in [7, 11) is 0. The number of pyridine rings is 2. The Kier molecular flexibility index (Phi) is 4.63. The Hall–Kier alpha value is -4.92. The van der Waals surface area contributed by atoms with Gasteiger partial charge >= 0.3 is 0 Å². The first kappa shape index (κ1) is 20.7. The summed E-state index contributed by atoms with van der Waals surface area (Å²) in [5.74, 6) is 0.554. The number of fused-ring (bicyclic) bond motifs is 4. The van der Waals surface area contributed by atoms with Crippen LogP contribution in [-0.4, -0.2) is 43.0 Å². The highest BCUT2D eigenvalue weighted by Crippen LogP contribution is 2.45. The molecule has 1 unspecified atom stereocenters. The second-order valence-electron chi connectivity index (χ2n) is 8.03. The number of aliphatic imine (C=N–C) groups is 2. The number of carbonyl (C=O) groups excluding carboxylic acids is 1. The molecule has 4 aromatic rings. The van der Waals surface area contributed by atoms with Crippen molar-refractivity contribution in [3.8, 4) is 0 Å². The molecule has 1 amide bonds. The third-order valence-electron chi connectivity index (χ3n) is 6.14. The van der Waals surface area contributed by atoms with E-state index in [2.05, 4.69) is 33.6 Å². The van der Waals surface area contributed by atoms with Gasteiger partial charge in [-0.2, -0.15) is 0 Å². The first-order chi connectivity index (χ1) is 17.2. The normalized spacial score (nSPS) is 21.2. The molecule has 9 nitrogen and oxygen atoms in total. The van der Waals surface area contributed by atoms with Crippen LogP contribution < -0.4 is 5.32 Å². The molecule has 0 aliphatic carbocycles. The first-order valence-corrected chi connectivity index (χ1v) is 11.0. The van der Waals surface area contributed by atoms with Crippen molar-refractivity contribution in [2.24, 2.45) is 9.98 Å². The fourth-order valence-corrected chi connectivity index (χ4v) is 4.68. The van der Waals surface area contributed by atoms with Gasteiger partial charge in [0.05, 0.1) is 28.1 Å². The summed E-state index contributed by atoms with van der Waals surface area (Å²) in [4.78, 5) is 39.0. The van der Waals surface area contributed by atoms with Crippen LogP contribution in [0.5, 0.6) is 0 Å². The lowest BCUT2D eigenvalue weighted by atomic mass is 9.89. The van der Waals surface area contributed by atoms with E-state index in [1.807, 2.05) is 53.1 Å². The number of para-hydroxylation sites is 2. The van der Waals surface area contributed by atoms with Crippen molar-refractivity contribution < 1.29 is 6.22 Å². The minimum absolute atomic E-state index is 0. The summed E-state index contributed by atoms with van der Waals surface area (Å²) in [6.45, 7) is 7.49. The van der Waals surface area contributed by atoms with Crippen LogP contribution in [-0.2, 0) is 10.3 Å². The van der Waals surface area contributed by atoms with Gasteiger partial charge in [-0.1, -0.05) is 36.9 Å². The Bertz CT molecular complexity index is 1550. The molecule has 3 aromatic heterocycles. The van der Waals surface area contributed by atoms with E-state index in [1.54, 1.807) is 41.6 Å². The standard InChI is InChI=1S/C26H20N8O.H2/c1-3-10-20(27-2)26(21-14-7-9-16-29-21)23(35)34-22(18-12-6-8-15-28-18)33-19-13-5-4-11-17(19)30-24(33)31-25(34)32-26;/h3-16,22H,1-2H2,(H,30,31,32);1H/b20-10-;/t22-,26?;/m0./s1. The van der Waals surface area contributed by atoms with Crippen LogP contribution >= 0.6 is 0 Å². The number of amides is 1. The van der Waals surface area contributed by atoms with Gasteiger partial charge in [-0.25, -0.2) is 9.98 Å². The highest BCUT2D eigenvalue weighted by molar-refractivity contribution is 6.15. The number of carbonyl (C=O) groups is 1. The molecule has 0 bridgehead atoms. The molecule has 172 valence electrons. The van der Waals surface area contributed by atoms with E-state index in [4.69, 9.17) is 9.98 Å². The second-order valence-corrected chi connectivity index (χ2v) is 8.03. The minimum atomic E-state index is -1.55. The monoisotopic (exact) mass is 462 g/mol. The fourth-order valence-electron chi connectivity index (χ4n) is 4.68. The van der Waals surface area contributed by atoms with E-state index in [1.165, 1.54) is 0 Å². The summed E-state index contributed by atoms with van der Waals surface area (Å²) in [5, 5.41) is 3.26. The number of allylic oxidation sites excluding steroid dienone is 2. The predicted octanol–water partition coefficient (Wildman–Crippen LogP) is 3.91. The summed E-state index contributed by atoms with van der Waals surface area (Å²) in [6.07, 6.45) is 5.88. The smallest absolute Gasteiger partial charge is 0.271 e. The lowest BCUT2D eigenvalue weighted by molar-refractivity contribution is -0.132. The van der Waals surface area contributed by atoms with Gasteiger partial charge in [0.15, 0.2) is 6.17 Å². The summed E-state index contributed by atoms with van der Waals surface area (Å²) in [6, 6.07) is 18.7. The molecule has 0 saturated carbocycles. The van der Waals surface area contributed by atoms with Crippen molar-refractivity contribution in [3.05, 3.63) is 109 Å². The average Bonchev–Trinajstić information content (AvgIpc) is 3.42. The molecule has 2 atom stereocenters. The number of anilines is 1. The summed E-state index contributed by atoms with van der Waals surface area (Å²) >= 11 is 0. The van der Waals surface area contributed by atoms with Crippen molar-refractivity contribution in [1.29, 1.82) is 0 Å². The Morgan fingerprint density at radius 2 is 1.86 bits per heavy atom. The molecule has 0 saturated heterocycles. The molecule has 0 radical (unpaired) electrons. The number of hydrogen-bond donors (Lipinski definition) is 1. The zero-order valence-corrected chi connectivity index (χ0v) is 18.6. The Morgan fingerprint density at radius 3 is 2.57 bits per heavy atom. The molecule has 2 aliphatic rings. The second kappa shape index (κ2) is 7.84. The number of benzene rings is 1. The van der Waals surface area contributed by atoms with Gasteiger partial charge in [0, 0.05) is 13.8 Å². The number of aromatic nitrogens is 4. The van der Waals surface area contributed by atoms with Crippen LogP contribution in [0.15, 0.2) is 107 Å². The molecule has 0 spiro atoms. The summed E-state index contributed by atoms with van der Waals surface area (Å²) in [5.41, 5.74) is 1.51. The quantitative estimate of drug-likeness (QED) is 0.358. The van der Waals surface area contributed by atoms with E-state index in [0.717, 1.165) is 11.0 Å². The number of imidazole rings is 1. The number of guanidine groups is 1. The van der Waals surface area contributed by atoms with Gasteiger partial charge in [0.25, 0.3) is 5.91 Å². The third-order valence-corrected chi connectivity index (χ3v) is 6.14. The highest BCUT2D eigenvalue weighted by Gasteiger charge is 2.57. The SMILES string of the molecule is C=C/C=C(\N=C)C1(c2ccccn2)N=C2Nc3nc4ccccc4n3[C@H](c3ccccn3)N2C1=O.[HH]. The molecule has 9 heteroatoms. The van der Waals surface area contributed by atoms with Gasteiger partial charge in [0.2, 0.25) is 17.4 Å². The minimum Gasteiger partial charge on any atom is -0.295 e. The first-order valence-electron chi connectivity index (χ1n) is 11.0. The number of rotatable bonds is 5. The Morgan fingerprint density at radius 1 is 1.09 bits per heavy atom.